The van der Waals surface area contributed by atoms with Crippen molar-refractivity contribution in [2.45, 2.75) is 19.8 Å². The lowest BCUT2D eigenvalue weighted by Gasteiger charge is -2.05. The van der Waals surface area contributed by atoms with E-state index < -0.39 is 0 Å². The monoisotopic (exact) mass is 330 g/mol. The molecule has 0 amide bonds. The van der Waals surface area contributed by atoms with Crippen LogP contribution in [-0.4, -0.2) is 21.5 Å². The molecule has 3 aromatic rings. The van der Waals surface area contributed by atoms with Gasteiger partial charge in [-0.3, -0.25) is 9.59 Å². The molecule has 0 aliphatic carbocycles. The lowest BCUT2D eigenvalue weighted by Crippen LogP contribution is -2.12. The molecule has 0 bridgehead atoms. The second kappa shape index (κ2) is 7.62. The van der Waals surface area contributed by atoms with E-state index in [4.69, 9.17) is 0 Å². The topological polar surface area (TPSA) is 59.9 Å². The zero-order valence-electron chi connectivity index (χ0n) is 14.0. The Hall–Kier alpha value is -3.14. The molecule has 0 aliphatic rings. The standard InChI is InChI=1S/C21H18N2O2/c1-15-10-11-22-21(23-15)20(25)14-19(24)18-9-5-8-17(13-18)12-16-6-3-2-4-7-16/h2-11,13H,12,14H2,1H3. The highest BCUT2D eigenvalue weighted by molar-refractivity contribution is 6.12. The lowest BCUT2D eigenvalue weighted by molar-refractivity contribution is 0.0888. The molecular weight excluding hydrogens is 312 g/mol. The van der Waals surface area contributed by atoms with Gasteiger partial charge in [-0.2, -0.15) is 0 Å². The van der Waals surface area contributed by atoms with Gasteiger partial charge in [0.2, 0.25) is 5.78 Å². The van der Waals surface area contributed by atoms with Crippen molar-refractivity contribution in [3.63, 3.8) is 0 Å². The highest BCUT2D eigenvalue weighted by Gasteiger charge is 2.16. The van der Waals surface area contributed by atoms with Gasteiger partial charge in [-0.1, -0.05) is 48.5 Å². The van der Waals surface area contributed by atoms with Crippen molar-refractivity contribution in [1.29, 1.82) is 0 Å². The van der Waals surface area contributed by atoms with Gasteiger partial charge < -0.3 is 0 Å². The van der Waals surface area contributed by atoms with Gasteiger partial charge in [0.05, 0.1) is 6.42 Å². The summed E-state index contributed by atoms with van der Waals surface area (Å²) in [6, 6.07) is 19.2. The smallest absolute Gasteiger partial charge is 0.207 e. The van der Waals surface area contributed by atoms with Crippen LogP contribution >= 0.6 is 0 Å². The number of nitrogens with zero attached hydrogens (tertiary/aromatic N) is 2. The summed E-state index contributed by atoms with van der Waals surface area (Å²) in [5.41, 5.74) is 3.46. The summed E-state index contributed by atoms with van der Waals surface area (Å²) in [5, 5.41) is 0. The fourth-order valence-corrected chi connectivity index (χ4v) is 2.60. The highest BCUT2D eigenvalue weighted by atomic mass is 16.1. The van der Waals surface area contributed by atoms with E-state index in [2.05, 4.69) is 9.97 Å². The van der Waals surface area contributed by atoms with Crippen LogP contribution in [-0.2, 0) is 6.42 Å². The third-order valence-corrected chi connectivity index (χ3v) is 3.87. The molecule has 1 heterocycles. The second-order valence-corrected chi connectivity index (χ2v) is 5.91. The lowest BCUT2D eigenvalue weighted by atomic mass is 9.99. The maximum Gasteiger partial charge on any atom is 0.207 e. The van der Waals surface area contributed by atoms with Crippen molar-refractivity contribution in [3.05, 3.63) is 95.1 Å². The minimum absolute atomic E-state index is 0.0915. The molecule has 0 N–H and O–H groups in total. The van der Waals surface area contributed by atoms with Gasteiger partial charge in [-0.15, -0.1) is 0 Å². The van der Waals surface area contributed by atoms with E-state index in [1.54, 1.807) is 19.1 Å². The first-order valence-corrected chi connectivity index (χ1v) is 8.11. The molecule has 3 rings (SSSR count). The zero-order valence-corrected chi connectivity index (χ0v) is 14.0. The Morgan fingerprint density at radius 2 is 1.64 bits per heavy atom. The van der Waals surface area contributed by atoms with Crippen molar-refractivity contribution < 1.29 is 9.59 Å². The Kier molecular flexibility index (Phi) is 5.09. The summed E-state index contributed by atoms with van der Waals surface area (Å²) in [5.74, 6) is -0.485. The number of hydrogen-bond donors (Lipinski definition) is 0. The number of carbonyl (C=O) groups excluding carboxylic acids is 2. The number of ketones is 2. The summed E-state index contributed by atoms with van der Waals surface area (Å²) in [6.07, 6.45) is 2.05. The molecule has 0 atom stereocenters. The SMILES string of the molecule is Cc1ccnc(C(=O)CC(=O)c2cccc(Cc3ccccc3)c2)n1. The summed E-state index contributed by atoms with van der Waals surface area (Å²) in [7, 11) is 0. The fourth-order valence-electron chi connectivity index (χ4n) is 2.60. The van der Waals surface area contributed by atoms with Gasteiger partial charge in [0, 0.05) is 17.5 Å². The van der Waals surface area contributed by atoms with Crippen LogP contribution in [0, 0.1) is 6.92 Å². The molecule has 0 spiro atoms. The van der Waals surface area contributed by atoms with Gasteiger partial charge in [-0.25, -0.2) is 9.97 Å². The Morgan fingerprint density at radius 1 is 0.880 bits per heavy atom. The van der Waals surface area contributed by atoms with Crippen molar-refractivity contribution in [2.75, 3.05) is 0 Å². The summed E-state index contributed by atoms with van der Waals surface area (Å²) < 4.78 is 0. The summed E-state index contributed by atoms with van der Waals surface area (Å²) in [6.45, 7) is 1.79. The van der Waals surface area contributed by atoms with Crippen molar-refractivity contribution in [2.24, 2.45) is 0 Å². The van der Waals surface area contributed by atoms with Crippen LogP contribution in [0.25, 0.3) is 0 Å². The van der Waals surface area contributed by atoms with E-state index in [-0.39, 0.29) is 23.8 Å². The molecule has 0 fully saturated rings. The molecule has 25 heavy (non-hydrogen) atoms. The first-order chi connectivity index (χ1) is 12.1. The number of rotatable bonds is 6. The Bertz CT molecular complexity index is 905. The maximum atomic E-state index is 12.4. The number of carbonyl (C=O) groups is 2. The molecule has 2 aromatic carbocycles. The van der Waals surface area contributed by atoms with Gasteiger partial charge in [0.25, 0.3) is 0 Å². The van der Waals surface area contributed by atoms with E-state index in [0.717, 1.165) is 12.0 Å². The van der Waals surface area contributed by atoms with Gasteiger partial charge in [0.15, 0.2) is 11.6 Å². The summed E-state index contributed by atoms with van der Waals surface area (Å²) in [4.78, 5) is 32.7. The van der Waals surface area contributed by atoms with Crippen molar-refractivity contribution in [3.8, 4) is 0 Å². The molecule has 0 saturated carbocycles. The van der Waals surface area contributed by atoms with E-state index in [0.29, 0.717) is 11.3 Å². The second-order valence-electron chi connectivity index (χ2n) is 5.91. The Balaban J connectivity index is 1.72. The molecule has 0 radical (unpaired) electrons. The van der Waals surface area contributed by atoms with Crippen LogP contribution in [0.3, 0.4) is 0 Å². The maximum absolute atomic E-state index is 12.4. The number of hydrogen-bond acceptors (Lipinski definition) is 4. The number of benzene rings is 2. The Labute approximate surface area is 146 Å². The van der Waals surface area contributed by atoms with Crippen molar-refractivity contribution in [1.82, 2.24) is 9.97 Å². The molecule has 1 aromatic heterocycles. The molecule has 4 nitrogen and oxygen atoms in total. The highest BCUT2D eigenvalue weighted by Crippen LogP contribution is 2.13. The average Bonchev–Trinajstić information content (AvgIpc) is 2.63. The summed E-state index contributed by atoms with van der Waals surface area (Å²) >= 11 is 0. The van der Waals surface area contributed by atoms with Crippen LogP contribution in [0.2, 0.25) is 0 Å². The molecule has 0 saturated heterocycles. The first kappa shape index (κ1) is 16.7. The minimum Gasteiger partial charge on any atom is -0.294 e. The number of aromatic nitrogens is 2. The molecule has 4 heteroatoms. The van der Waals surface area contributed by atoms with E-state index in [9.17, 15) is 9.59 Å². The quantitative estimate of drug-likeness (QED) is 0.509. The number of aryl methyl sites for hydroxylation is 1. The van der Waals surface area contributed by atoms with Gasteiger partial charge in [-0.05, 0) is 36.6 Å². The van der Waals surface area contributed by atoms with Crippen LogP contribution in [0.1, 0.15) is 44.2 Å². The Morgan fingerprint density at radius 3 is 2.40 bits per heavy atom. The fraction of sp³-hybridized carbons (Fsp3) is 0.143. The van der Waals surface area contributed by atoms with E-state index >= 15 is 0 Å². The first-order valence-electron chi connectivity index (χ1n) is 8.11. The molecule has 0 unspecified atom stereocenters. The zero-order chi connectivity index (χ0) is 17.6. The van der Waals surface area contributed by atoms with Crippen LogP contribution in [0.15, 0.2) is 66.9 Å². The predicted molar refractivity (Wildman–Crippen MR) is 95.7 cm³/mol. The van der Waals surface area contributed by atoms with E-state index in [1.807, 2.05) is 48.5 Å². The molecular formula is C21H18N2O2. The number of Topliss-reactive ketones (excluding diaryl/α,β-unsaturated/α-hetero) is 2. The van der Waals surface area contributed by atoms with Crippen LogP contribution in [0.4, 0.5) is 0 Å². The predicted octanol–water partition coefficient (Wildman–Crippen LogP) is 3.83. The van der Waals surface area contributed by atoms with Gasteiger partial charge >= 0.3 is 0 Å². The molecule has 124 valence electrons. The normalized spacial score (nSPS) is 10.4. The third kappa shape index (κ3) is 4.44. The minimum atomic E-state index is -0.359. The third-order valence-electron chi connectivity index (χ3n) is 3.87. The molecule has 0 aliphatic heterocycles. The van der Waals surface area contributed by atoms with Crippen LogP contribution in [0.5, 0.6) is 0 Å². The van der Waals surface area contributed by atoms with Crippen LogP contribution < -0.4 is 0 Å². The van der Waals surface area contributed by atoms with Crippen molar-refractivity contribution >= 4 is 11.6 Å². The van der Waals surface area contributed by atoms with Gasteiger partial charge in [0.1, 0.15) is 0 Å². The average molecular weight is 330 g/mol. The largest absolute Gasteiger partial charge is 0.294 e. The van der Waals surface area contributed by atoms with E-state index in [1.165, 1.54) is 11.8 Å².